The second-order valence-corrected chi connectivity index (χ2v) is 7.82. The highest BCUT2D eigenvalue weighted by Gasteiger charge is 2.24. The van der Waals surface area contributed by atoms with E-state index in [0.29, 0.717) is 38.3 Å². The van der Waals surface area contributed by atoms with Crippen molar-refractivity contribution < 1.29 is 9.59 Å². The number of pyridine rings is 2. The molecule has 0 N–H and O–H groups in total. The second-order valence-electron chi connectivity index (χ2n) is 7.82. The summed E-state index contributed by atoms with van der Waals surface area (Å²) in [5, 5.41) is 0. The quantitative estimate of drug-likeness (QED) is 0.603. The van der Waals surface area contributed by atoms with E-state index >= 15 is 0 Å². The third kappa shape index (κ3) is 5.49. The Balaban J connectivity index is 1.41. The van der Waals surface area contributed by atoms with E-state index in [1.54, 1.807) is 30.7 Å². The van der Waals surface area contributed by atoms with Crippen molar-refractivity contribution in [2.75, 3.05) is 37.6 Å². The van der Waals surface area contributed by atoms with Crippen LogP contribution in [0.15, 0.2) is 79.4 Å². The van der Waals surface area contributed by atoms with E-state index in [0.717, 1.165) is 17.7 Å². The van der Waals surface area contributed by atoms with Gasteiger partial charge in [-0.15, -0.1) is 0 Å². The molecule has 0 radical (unpaired) electrons. The van der Waals surface area contributed by atoms with Crippen LogP contribution in [0.25, 0.3) is 0 Å². The fourth-order valence-electron chi connectivity index (χ4n) is 3.90. The van der Waals surface area contributed by atoms with Crippen LogP contribution in [0, 0.1) is 0 Å². The highest BCUT2D eigenvalue weighted by atomic mass is 16.2. The van der Waals surface area contributed by atoms with E-state index in [1.165, 1.54) is 0 Å². The van der Waals surface area contributed by atoms with Crippen molar-refractivity contribution in [1.29, 1.82) is 0 Å². The number of carbonyl (C=O) groups excluding carboxylic acids is 2. The van der Waals surface area contributed by atoms with Crippen LogP contribution in [0.5, 0.6) is 0 Å². The molecular formula is C25H27N5O2. The lowest BCUT2D eigenvalue weighted by atomic mass is 10.2. The van der Waals surface area contributed by atoms with Crippen molar-refractivity contribution in [3.05, 3.63) is 90.5 Å². The number of nitrogens with zero attached hydrogens (tertiary/aromatic N) is 5. The Morgan fingerprint density at radius 2 is 1.56 bits per heavy atom. The number of carbonyl (C=O) groups is 2. The molecule has 1 aliphatic heterocycles. The normalized spacial score (nSPS) is 14.0. The molecule has 0 atom stereocenters. The van der Waals surface area contributed by atoms with Crippen LogP contribution in [-0.2, 0) is 11.3 Å². The van der Waals surface area contributed by atoms with Gasteiger partial charge in [0.15, 0.2) is 0 Å². The molecule has 2 aromatic heterocycles. The van der Waals surface area contributed by atoms with E-state index in [-0.39, 0.29) is 18.4 Å². The van der Waals surface area contributed by atoms with Gasteiger partial charge in [-0.25, -0.2) is 0 Å². The molecule has 1 aromatic carbocycles. The standard InChI is InChI=1S/C25H27N5O2/c31-24(20-30(23-7-2-1-3-8-23)19-21-6-4-11-27-18-21)28-14-5-15-29(17-16-28)25(32)22-9-12-26-13-10-22/h1-4,6-13,18H,5,14-17,19-20H2. The van der Waals surface area contributed by atoms with E-state index in [2.05, 4.69) is 14.9 Å². The van der Waals surface area contributed by atoms with Crippen molar-refractivity contribution in [3.8, 4) is 0 Å². The van der Waals surface area contributed by atoms with Crippen molar-refractivity contribution in [2.45, 2.75) is 13.0 Å². The number of amides is 2. The Kier molecular flexibility index (Phi) is 7.07. The Morgan fingerprint density at radius 3 is 2.31 bits per heavy atom. The lowest BCUT2D eigenvalue weighted by Gasteiger charge is -2.28. The minimum Gasteiger partial charge on any atom is -0.358 e. The first-order valence-electron chi connectivity index (χ1n) is 10.9. The predicted octanol–water partition coefficient (Wildman–Crippen LogP) is 2.86. The molecule has 7 heteroatoms. The summed E-state index contributed by atoms with van der Waals surface area (Å²) in [6.07, 6.45) is 7.59. The van der Waals surface area contributed by atoms with Gasteiger partial charge in [0.1, 0.15) is 0 Å². The molecule has 1 aliphatic rings. The molecule has 164 valence electrons. The van der Waals surface area contributed by atoms with Gasteiger partial charge in [-0.1, -0.05) is 24.3 Å². The third-order valence-electron chi connectivity index (χ3n) is 5.61. The minimum absolute atomic E-state index is 0.0100. The van der Waals surface area contributed by atoms with Gasteiger partial charge in [0.25, 0.3) is 5.91 Å². The molecule has 0 bridgehead atoms. The first-order valence-corrected chi connectivity index (χ1v) is 10.9. The number of hydrogen-bond acceptors (Lipinski definition) is 5. The molecule has 7 nitrogen and oxygen atoms in total. The summed E-state index contributed by atoms with van der Waals surface area (Å²) in [5.74, 6) is 0.0557. The van der Waals surface area contributed by atoms with Gasteiger partial charge in [-0.2, -0.15) is 0 Å². The molecule has 4 rings (SSSR count). The summed E-state index contributed by atoms with van der Waals surface area (Å²) in [6.45, 7) is 3.23. The van der Waals surface area contributed by atoms with Gasteiger partial charge < -0.3 is 14.7 Å². The van der Waals surface area contributed by atoms with Gasteiger partial charge >= 0.3 is 0 Å². The van der Waals surface area contributed by atoms with E-state index in [1.807, 2.05) is 58.5 Å². The number of aromatic nitrogens is 2. The number of anilines is 1. The van der Waals surface area contributed by atoms with Gasteiger partial charge in [0, 0.05) is 68.8 Å². The molecule has 32 heavy (non-hydrogen) atoms. The predicted molar refractivity (Wildman–Crippen MR) is 123 cm³/mol. The van der Waals surface area contributed by atoms with Crippen LogP contribution in [0.3, 0.4) is 0 Å². The third-order valence-corrected chi connectivity index (χ3v) is 5.61. The molecule has 1 saturated heterocycles. The Morgan fingerprint density at radius 1 is 0.812 bits per heavy atom. The van der Waals surface area contributed by atoms with Crippen LogP contribution in [0.1, 0.15) is 22.3 Å². The lowest BCUT2D eigenvalue weighted by molar-refractivity contribution is -0.129. The summed E-state index contributed by atoms with van der Waals surface area (Å²) in [5.41, 5.74) is 2.68. The fraction of sp³-hybridized carbons (Fsp3) is 0.280. The summed E-state index contributed by atoms with van der Waals surface area (Å²) in [7, 11) is 0. The van der Waals surface area contributed by atoms with Crippen LogP contribution >= 0.6 is 0 Å². The minimum atomic E-state index is -0.0100. The maximum Gasteiger partial charge on any atom is 0.254 e. The Labute approximate surface area is 188 Å². The van der Waals surface area contributed by atoms with Crippen LogP contribution in [0.2, 0.25) is 0 Å². The molecule has 0 unspecified atom stereocenters. The van der Waals surface area contributed by atoms with Gasteiger partial charge in [-0.05, 0) is 42.3 Å². The molecule has 2 amide bonds. The van der Waals surface area contributed by atoms with E-state index in [9.17, 15) is 9.59 Å². The molecule has 3 aromatic rings. The van der Waals surface area contributed by atoms with Crippen LogP contribution in [0.4, 0.5) is 5.69 Å². The summed E-state index contributed by atoms with van der Waals surface area (Å²) in [4.78, 5) is 40.0. The lowest BCUT2D eigenvalue weighted by Crippen LogP contribution is -2.42. The number of para-hydroxylation sites is 1. The molecule has 0 spiro atoms. The highest BCUT2D eigenvalue weighted by molar-refractivity contribution is 5.94. The van der Waals surface area contributed by atoms with Gasteiger partial charge in [0.2, 0.25) is 5.91 Å². The van der Waals surface area contributed by atoms with E-state index in [4.69, 9.17) is 0 Å². The summed E-state index contributed by atoms with van der Waals surface area (Å²) in [6, 6.07) is 17.3. The second kappa shape index (κ2) is 10.5. The maximum absolute atomic E-state index is 13.2. The SMILES string of the molecule is O=C(CN(Cc1cccnc1)c1ccccc1)N1CCCN(C(=O)c2ccncc2)CC1. The number of benzene rings is 1. The van der Waals surface area contributed by atoms with Gasteiger partial charge in [-0.3, -0.25) is 19.6 Å². The fourth-order valence-corrected chi connectivity index (χ4v) is 3.90. The Hall–Kier alpha value is -3.74. The average molecular weight is 430 g/mol. The molecule has 3 heterocycles. The van der Waals surface area contributed by atoms with Crippen LogP contribution in [-0.4, -0.2) is 64.3 Å². The first kappa shape index (κ1) is 21.5. The van der Waals surface area contributed by atoms with Gasteiger partial charge in [0.05, 0.1) is 6.54 Å². The molecule has 0 saturated carbocycles. The molecular weight excluding hydrogens is 402 g/mol. The molecule has 0 aliphatic carbocycles. The summed E-state index contributed by atoms with van der Waals surface area (Å²) < 4.78 is 0. The first-order chi connectivity index (χ1) is 15.7. The van der Waals surface area contributed by atoms with Crippen molar-refractivity contribution in [2.24, 2.45) is 0 Å². The summed E-state index contributed by atoms with van der Waals surface area (Å²) >= 11 is 0. The van der Waals surface area contributed by atoms with Crippen molar-refractivity contribution >= 4 is 17.5 Å². The largest absolute Gasteiger partial charge is 0.358 e. The van der Waals surface area contributed by atoms with E-state index < -0.39 is 0 Å². The topological polar surface area (TPSA) is 69.6 Å². The Bertz CT molecular complexity index is 1010. The monoisotopic (exact) mass is 429 g/mol. The van der Waals surface area contributed by atoms with Crippen molar-refractivity contribution in [3.63, 3.8) is 0 Å². The highest BCUT2D eigenvalue weighted by Crippen LogP contribution is 2.17. The molecule has 1 fully saturated rings. The zero-order valence-corrected chi connectivity index (χ0v) is 18.0. The smallest absolute Gasteiger partial charge is 0.254 e. The van der Waals surface area contributed by atoms with Crippen molar-refractivity contribution in [1.82, 2.24) is 19.8 Å². The number of hydrogen-bond donors (Lipinski definition) is 0. The maximum atomic E-state index is 13.2. The number of rotatable bonds is 6. The average Bonchev–Trinajstić information content (AvgIpc) is 3.11. The zero-order valence-electron chi connectivity index (χ0n) is 18.0. The van der Waals surface area contributed by atoms with Crippen LogP contribution < -0.4 is 4.90 Å². The zero-order chi connectivity index (χ0) is 22.2.